The first-order valence-corrected chi connectivity index (χ1v) is 42.7. The van der Waals surface area contributed by atoms with Gasteiger partial charge in [-0.05, 0) is 129 Å². The fraction of sp³-hybridized carbons (Fsp3) is 0.494. The van der Waals surface area contributed by atoms with Gasteiger partial charge in [-0.3, -0.25) is 23.1 Å². The molecule has 0 aliphatic heterocycles. The predicted octanol–water partition coefficient (Wildman–Crippen LogP) is 12.1. The van der Waals surface area contributed by atoms with Gasteiger partial charge in [0.2, 0.25) is 0 Å². The number of Topliss-reactive ketones (excluding diaryl/α,β-unsaturated/α-hetero) is 1. The Labute approximate surface area is 714 Å². The van der Waals surface area contributed by atoms with Crippen molar-refractivity contribution in [2.24, 2.45) is 5.41 Å². The van der Waals surface area contributed by atoms with E-state index in [2.05, 4.69) is 133 Å². The van der Waals surface area contributed by atoms with E-state index in [1.165, 1.54) is 21.3 Å². The number of carbonyl (C=O) groups excluding carboxylic acids is 1. The van der Waals surface area contributed by atoms with E-state index < -0.39 is 5.41 Å². The molecule has 8 aromatic heterocycles. The molecule has 8 heterocycles. The van der Waals surface area contributed by atoms with Crippen molar-refractivity contribution in [2.45, 2.75) is 150 Å². The fourth-order valence-corrected chi connectivity index (χ4v) is 13.6. The van der Waals surface area contributed by atoms with Crippen LogP contribution in [0, 0.1) is 5.41 Å². The summed E-state index contributed by atoms with van der Waals surface area (Å²) in [6, 6.07) is 32.4. The standard InChI is InChI=1S/C89H115N17O17/c1-5-36-120-81-91-52-71-77(99-81)103(85(108)94-71)55-66-26-20-63(21-27-66)16-9-12-40-112-44-48-116-59-89(60-117-49-45-113-41-13-10-17-64-22-28-67(29-23-64)56-104-78-72(95-86(104)109)53-92-82(100-78)121-37-6-2,61-118-50-46-114-42-14-11-18-65-24-30-68(31-25-65)57-105-79-73(96-87(105)110)54-93-83(101-79)122-38-7-3)62-119-51-47-115-43-15-19-74(107)70-34-32-69(33-35-70)58-106-80-75(97-88(106)111)76(90)98-84(102-80)123-39-8-4/h20-35,52-54H,5-19,36-51,55-62H2,1-4H3,(H,94,108)(H,95,109)(H,96,110)(H,97,111)(H2,90,98,102). The number of fused-ring (bicyclic) bond motifs is 4. The van der Waals surface area contributed by atoms with E-state index in [0.29, 0.717) is 163 Å². The van der Waals surface area contributed by atoms with E-state index in [-0.39, 0.29) is 118 Å². The molecule has 0 amide bonds. The van der Waals surface area contributed by atoms with E-state index in [1.807, 2.05) is 39.8 Å². The Morgan fingerprint density at radius 3 is 0.967 bits per heavy atom. The summed E-state index contributed by atoms with van der Waals surface area (Å²) in [6.45, 7) is 16.8. The Morgan fingerprint density at radius 1 is 0.325 bits per heavy atom. The van der Waals surface area contributed by atoms with Crippen molar-refractivity contribution < 1.29 is 82.1 Å². The topological polar surface area (TPSA) is 409 Å². The van der Waals surface area contributed by atoms with Crippen LogP contribution < -0.4 is 24.7 Å². The van der Waals surface area contributed by atoms with E-state index in [9.17, 15) is 25.2 Å². The Balaban J connectivity index is 0.618. The second kappa shape index (κ2) is 47.9. The molecule has 34 nitrogen and oxygen atoms in total. The van der Waals surface area contributed by atoms with Crippen molar-refractivity contribution in [2.75, 3.05) is 138 Å². The Kier molecular flexibility index (Phi) is 35.4. The highest BCUT2D eigenvalue weighted by Gasteiger charge is 2.33. The van der Waals surface area contributed by atoms with E-state index in [0.717, 1.165) is 106 Å². The number of nitrogens with two attached hydrogens (primary N) is 1. The van der Waals surface area contributed by atoms with Gasteiger partial charge in [0.15, 0.2) is 39.7 Å². The first-order valence-electron chi connectivity index (χ1n) is 42.7. The number of carbonyl (C=O) groups is 1. The number of imidazole rings is 4. The zero-order valence-corrected chi connectivity index (χ0v) is 70.9. The number of hydrogen-bond donors (Lipinski definition) is 5. The zero-order valence-electron chi connectivity index (χ0n) is 70.9. The molecule has 0 saturated carbocycles. The second-order valence-electron chi connectivity index (χ2n) is 30.2. The summed E-state index contributed by atoms with van der Waals surface area (Å²) >= 11 is 0. The van der Waals surface area contributed by atoms with E-state index in [1.54, 1.807) is 44.4 Å². The van der Waals surface area contributed by atoms with Gasteiger partial charge in [-0.25, -0.2) is 15.0 Å². The van der Waals surface area contributed by atoms with Crippen LogP contribution >= 0.6 is 0 Å². The summed E-state index contributed by atoms with van der Waals surface area (Å²) in [5, 5.41) is 42.9. The maximum atomic E-state index is 13.4. The number of benzene rings is 4. The molecule has 0 saturated heterocycles. The lowest BCUT2D eigenvalue weighted by molar-refractivity contribution is -0.121. The van der Waals surface area contributed by atoms with Crippen LogP contribution in [0.3, 0.4) is 0 Å². The molecule has 0 radical (unpaired) electrons. The molecule has 0 aliphatic rings. The number of ketones is 1. The van der Waals surface area contributed by atoms with Crippen molar-refractivity contribution in [3.05, 3.63) is 160 Å². The Hall–Kier alpha value is -11.4. The van der Waals surface area contributed by atoms with Crippen LogP contribution in [-0.4, -0.2) is 236 Å². The van der Waals surface area contributed by atoms with Crippen LogP contribution in [-0.2, 0) is 83.3 Å². The molecule has 4 aromatic carbocycles. The van der Waals surface area contributed by atoms with E-state index >= 15 is 0 Å². The van der Waals surface area contributed by atoms with Gasteiger partial charge < -0.3 is 83.0 Å². The lowest BCUT2D eigenvalue weighted by Crippen LogP contribution is -2.42. The number of anilines is 1. The molecular weight excluding hydrogens is 1580 g/mol. The van der Waals surface area contributed by atoms with Gasteiger partial charge >= 0.3 is 24.0 Å². The minimum atomic E-state index is -0.763. The normalized spacial score (nSPS) is 11.8. The summed E-state index contributed by atoms with van der Waals surface area (Å²) in [6.07, 6.45) is 16.6. The van der Waals surface area contributed by atoms with Crippen molar-refractivity contribution in [3.8, 4) is 48.1 Å². The second-order valence-corrected chi connectivity index (χ2v) is 30.2. The number of aromatic hydroxyl groups is 4. The summed E-state index contributed by atoms with van der Waals surface area (Å²) in [5.41, 5.74) is 16.9. The molecule has 34 heteroatoms. The monoisotopic (exact) mass is 1690 g/mol. The van der Waals surface area contributed by atoms with Crippen LogP contribution in [0.4, 0.5) is 5.82 Å². The molecule has 0 fully saturated rings. The first kappa shape index (κ1) is 90.9. The van der Waals surface area contributed by atoms with Crippen LogP contribution in [0.5, 0.6) is 48.1 Å². The maximum Gasteiger partial charge on any atom is 0.320 e. The van der Waals surface area contributed by atoms with Crippen LogP contribution in [0.2, 0.25) is 0 Å². The van der Waals surface area contributed by atoms with Crippen LogP contribution in [0.15, 0.2) is 116 Å². The molecule has 0 bridgehead atoms. The minimum absolute atomic E-state index is 0.0302. The van der Waals surface area contributed by atoms with Gasteiger partial charge in [-0.2, -0.15) is 44.9 Å². The molecule has 0 spiro atoms. The van der Waals surface area contributed by atoms with Gasteiger partial charge in [0.1, 0.15) is 16.6 Å². The molecule has 123 heavy (non-hydrogen) atoms. The molecule has 0 unspecified atom stereocenters. The Bertz CT molecular complexity index is 4830. The molecule has 12 rings (SSSR count). The molecule has 658 valence electrons. The average Bonchev–Trinajstić information content (AvgIpc) is 1.63. The van der Waals surface area contributed by atoms with Crippen LogP contribution in [0.25, 0.3) is 44.7 Å². The van der Waals surface area contributed by atoms with E-state index in [4.69, 9.17) is 62.6 Å². The third-order valence-electron chi connectivity index (χ3n) is 20.2. The predicted molar refractivity (Wildman–Crippen MR) is 459 cm³/mol. The largest absolute Gasteiger partial charge is 0.480 e. The summed E-state index contributed by atoms with van der Waals surface area (Å²) in [7, 11) is 0. The highest BCUT2D eigenvalue weighted by molar-refractivity contribution is 5.96. The lowest BCUT2D eigenvalue weighted by Gasteiger charge is -2.33. The number of aromatic nitrogens is 16. The van der Waals surface area contributed by atoms with Crippen molar-refractivity contribution in [1.82, 2.24) is 78.1 Å². The summed E-state index contributed by atoms with van der Waals surface area (Å²) in [5.74, 6) is 0.0694. The SMILES string of the molecule is CCCOc1ncc2nc(O)n(Cc3ccc(CCCCOCCOCC(COCCOCCCCc4ccc(Cn5c(O)nc6cnc(OCCC)nc65)cc4)(COCCOCCCCc4ccc(Cn5c(O)nc6cnc(OCCC)nc65)cc4)COCCOCCCC(=O)c4ccc(Cn5c(O)nc6c(N)nc(OCCC)nc65)cc4)cc3)c2n1. The van der Waals surface area contributed by atoms with Gasteiger partial charge in [0.05, 0.1) is 156 Å². The summed E-state index contributed by atoms with van der Waals surface area (Å²) < 4.78 is 79.3. The van der Waals surface area contributed by atoms with Gasteiger partial charge in [0, 0.05) is 38.4 Å². The number of nitrogen functional groups attached to an aromatic ring is 1. The molecule has 0 atom stereocenters. The minimum Gasteiger partial charge on any atom is -0.480 e. The molecular formula is C89H115N17O17. The maximum absolute atomic E-state index is 13.4. The lowest BCUT2D eigenvalue weighted by atomic mass is 9.92. The van der Waals surface area contributed by atoms with Gasteiger partial charge in [-0.1, -0.05) is 125 Å². The molecule has 6 N–H and O–H groups in total. The average molecular weight is 1700 g/mol. The Morgan fingerprint density at radius 2 is 0.618 bits per heavy atom. The number of hydrogen-bond acceptors (Lipinski definition) is 30. The third-order valence-corrected chi connectivity index (χ3v) is 20.2. The molecule has 0 aliphatic carbocycles. The number of unbranched alkanes of at least 4 members (excludes halogenated alkanes) is 3. The van der Waals surface area contributed by atoms with Crippen molar-refractivity contribution >= 4 is 56.3 Å². The smallest absolute Gasteiger partial charge is 0.320 e. The highest BCUT2D eigenvalue weighted by Crippen LogP contribution is 2.30. The number of rotatable bonds is 60. The molecule has 12 aromatic rings. The van der Waals surface area contributed by atoms with Gasteiger partial charge in [0.25, 0.3) is 24.0 Å². The number of nitrogens with zero attached hydrogens (tertiary/aromatic N) is 16. The number of ether oxygens (including phenoxy) is 12. The summed E-state index contributed by atoms with van der Waals surface area (Å²) in [4.78, 5) is 65.2. The first-order chi connectivity index (χ1) is 60.2. The quantitative estimate of drug-likeness (QED) is 0.0175. The highest BCUT2D eigenvalue weighted by atomic mass is 16.6. The fourth-order valence-electron chi connectivity index (χ4n) is 13.6. The zero-order chi connectivity index (χ0) is 85.8. The van der Waals surface area contributed by atoms with Crippen LogP contribution in [0.1, 0.15) is 154 Å². The van der Waals surface area contributed by atoms with Crippen molar-refractivity contribution in [3.63, 3.8) is 0 Å². The third kappa shape index (κ3) is 27.3. The van der Waals surface area contributed by atoms with Gasteiger partial charge in [-0.15, -0.1) is 0 Å². The number of aryl methyl sites for hydroxylation is 3. The van der Waals surface area contributed by atoms with Crippen molar-refractivity contribution in [1.29, 1.82) is 0 Å².